The maximum atomic E-state index is 12.4. The molecular weight excluding hydrogens is 260 g/mol. The third kappa shape index (κ3) is 4.35. The highest BCUT2D eigenvalue weighted by Gasteiger charge is 2.26. The zero-order valence-electron chi connectivity index (χ0n) is 14.2. The Bertz CT molecular complexity index is 518. The fourth-order valence-corrected chi connectivity index (χ4v) is 2.33. The van der Waals surface area contributed by atoms with E-state index in [1.54, 1.807) is 0 Å². The van der Waals surface area contributed by atoms with Gasteiger partial charge in [-0.3, -0.25) is 0 Å². The van der Waals surface area contributed by atoms with Crippen molar-refractivity contribution in [2.75, 3.05) is 6.54 Å². The Labute approximate surface area is 129 Å². The molecule has 0 aliphatic rings. The number of carbonyl (C=O) groups is 1. The largest absolute Gasteiger partial charge is 0.329 e. The molecule has 3 nitrogen and oxygen atoms in total. The second-order valence-electron chi connectivity index (χ2n) is 6.30. The fourth-order valence-electron chi connectivity index (χ4n) is 2.33. The van der Waals surface area contributed by atoms with Gasteiger partial charge in [0, 0.05) is 12.6 Å². The summed E-state index contributed by atoms with van der Waals surface area (Å²) in [5.41, 5.74) is 2.78. The molecule has 1 rings (SSSR count). The molecule has 2 amide bonds. The normalized spacial score (nSPS) is 11.4. The van der Waals surface area contributed by atoms with E-state index < -0.39 is 5.54 Å². The highest BCUT2D eigenvalue weighted by molar-refractivity contribution is 5.75. The van der Waals surface area contributed by atoms with Crippen molar-refractivity contribution in [3.8, 4) is 0 Å². The van der Waals surface area contributed by atoms with Gasteiger partial charge in [0.25, 0.3) is 0 Å². The van der Waals surface area contributed by atoms with Crippen LogP contribution in [0.1, 0.15) is 52.7 Å². The Kier molecular flexibility index (Phi) is 5.59. The van der Waals surface area contributed by atoms with Gasteiger partial charge in [0.15, 0.2) is 0 Å². The van der Waals surface area contributed by atoms with Crippen LogP contribution in [-0.2, 0) is 5.54 Å². The van der Waals surface area contributed by atoms with Gasteiger partial charge in [0.2, 0.25) is 0 Å². The van der Waals surface area contributed by atoms with E-state index in [0.717, 1.165) is 16.7 Å². The first-order chi connectivity index (χ1) is 9.69. The molecule has 1 aromatic rings. The van der Waals surface area contributed by atoms with Crippen molar-refractivity contribution in [1.82, 2.24) is 10.2 Å². The van der Waals surface area contributed by atoms with Crippen molar-refractivity contribution in [2.45, 2.75) is 53.1 Å². The van der Waals surface area contributed by atoms with Gasteiger partial charge in [-0.1, -0.05) is 30.4 Å². The van der Waals surface area contributed by atoms with E-state index in [2.05, 4.69) is 18.0 Å². The molecule has 0 saturated heterocycles. The number of amides is 2. The summed E-state index contributed by atoms with van der Waals surface area (Å²) < 4.78 is 0. The number of urea groups is 1. The molecule has 21 heavy (non-hydrogen) atoms. The summed E-state index contributed by atoms with van der Waals surface area (Å²) in [6.45, 7) is 16.8. The predicted octanol–water partition coefficient (Wildman–Crippen LogP) is 4.39. The van der Waals surface area contributed by atoms with Gasteiger partial charge in [-0.15, -0.1) is 0 Å². The minimum atomic E-state index is -0.426. The van der Waals surface area contributed by atoms with E-state index in [9.17, 15) is 4.79 Å². The summed E-state index contributed by atoms with van der Waals surface area (Å²) in [6.07, 6.45) is 0. The van der Waals surface area contributed by atoms with Crippen LogP contribution in [0.25, 0.3) is 5.57 Å². The Balaban J connectivity index is 2.98. The van der Waals surface area contributed by atoms with Crippen LogP contribution in [0.15, 0.2) is 30.8 Å². The molecule has 0 aliphatic heterocycles. The number of rotatable bonds is 5. The Morgan fingerprint density at radius 1 is 1.38 bits per heavy atom. The van der Waals surface area contributed by atoms with Crippen LogP contribution in [0.4, 0.5) is 4.79 Å². The second-order valence-corrected chi connectivity index (χ2v) is 6.30. The smallest absolute Gasteiger partial charge is 0.318 e. The number of carbonyl (C=O) groups excluding carboxylic acids is 1. The first kappa shape index (κ1) is 17.3. The lowest BCUT2D eigenvalue weighted by molar-refractivity contribution is 0.176. The number of nitrogens with one attached hydrogen (secondary N) is 1. The Morgan fingerprint density at radius 2 is 2.00 bits per heavy atom. The summed E-state index contributed by atoms with van der Waals surface area (Å²) in [4.78, 5) is 14.2. The predicted molar refractivity (Wildman–Crippen MR) is 90.2 cm³/mol. The van der Waals surface area contributed by atoms with Crippen LogP contribution in [-0.4, -0.2) is 23.5 Å². The van der Waals surface area contributed by atoms with E-state index in [1.807, 2.05) is 64.6 Å². The monoisotopic (exact) mass is 288 g/mol. The van der Waals surface area contributed by atoms with Gasteiger partial charge < -0.3 is 10.2 Å². The lowest BCUT2D eigenvalue weighted by Gasteiger charge is -2.33. The Morgan fingerprint density at radius 3 is 2.48 bits per heavy atom. The summed E-state index contributed by atoms with van der Waals surface area (Å²) in [5.74, 6) is 0. The van der Waals surface area contributed by atoms with Crippen LogP contribution in [0.5, 0.6) is 0 Å². The van der Waals surface area contributed by atoms with E-state index >= 15 is 0 Å². The number of hydrogen-bond acceptors (Lipinski definition) is 1. The van der Waals surface area contributed by atoms with Crippen LogP contribution in [0.3, 0.4) is 0 Å². The molecule has 0 aliphatic carbocycles. The Hall–Kier alpha value is -1.77. The van der Waals surface area contributed by atoms with E-state index in [4.69, 9.17) is 0 Å². The zero-order chi connectivity index (χ0) is 16.2. The quantitative estimate of drug-likeness (QED) is 0.856. The average Bonchev–Trinajstić information content (AvgIpc) is 2.38. The van der Waals surface area contributed by atoms with Gasteiger partial charge in [-0.25, -0.2) is 4.79 Å². The fraction of sp³-hybridized carbons (Fsp3) is 0.500. The number of nitrogens with zero attached hydrogens (tertiary/aromatic N) is 1. The molecule has 0 spiro atoms. The standard InChI is InChI=1S/C18H28N2O/c1-8-20(14(4)5)17(21)19-18(6,7)16-11-9-10-15(12-16)13(2)3/h9-12,14H,2,8H2,1,3-7H3,(H,19,21). The topological polar surface area (TPSA) is 32.3 Å². The lowest BCUT2D eigenvalue weighted by Crippen LogP contribution is -2.50. The minimum Gasteiger partial charge on any atom is -0.329 e. The molecule has 1 N–H and O–H groups in total. The summed E-state index contributed by atoms with van der Waals surface area (Å²) in [6, 6.07) is 8.33. The molecule has 0 radical (unpaired) electrons. The second kappa shape index (κ2) is 6.79. The minimum absolute atomic E-state index is 0.0294. The molecule has 0 unspecified atom stereocenters. The third-order valence-corrected chi connectivity index (χ3v) is 3.72. The maximum Gasteiger partial charge on any atom is 0.318 e. The molecule has 116 valence electrons. The molecule has 0 bridgehead atoms. The summed E-state index contributed by atoms with van der Waals surface area (Å²) in [7, 11) is 0. The number of hydrogen-bond donors (Lipinski definition) is 1. The zero-order valence-corrected chi connectivity index (χ0v) is 14.2. The third-order valence-electron chi connectivity index (χ3n) is 3.72. The molecule has 0 aromatic heterocycles. The van der Waals surface area contributed by atoms with Crippen molar-refractivity contribution in [1.29, 1.82) is 0 Å². The van der Waals surface area contributed by atoms with Crippen molar-refractivity contribution in [2.24, 2.45) is 0 Å². The molecule has 3 heteroatoms. The van der Waals surface area contributed by atoms with Gasteiger partial charge in [-0.05, 0) is 58.7 Å². The van der Waals surface area contributed by atoms with E-state index in [-0.39, 0.29) is 12.1 Å². The average molecular weight is 288 g/mol. The molecule has 0 saturated carbocycles. The maximum absolute atomic E-state index is 12.4. The summed E-state index contributed by atoms with van der Waals surface area (Å²) >= 11 is 0. The van der Waals surface area contributed by atoms with Gasteiger partial charge in [-0.2, -0.15) is 0 Å². The van der Waals surface area contributed by atoms with Crippen LogP contribution >= 0.6 is 0 Å². The van der Waals surface area contributed by atoms with Gasteiger partial charge >= 0.3 is 6.03 Å². The first-order valence-corrected chi connectivity index (χ1v) is 7.54. The SMILES string of the molecule is C=C(C)c1cccc(C(C)(C)NC(=O)N(CC)C(C)C)c1. The first-order valence-electron chi connectivity index (χ1n) is 7.54. The summed E-state index contributed by atoms with van der Waals surface area (Å²) in [5, 5.41) is 3.13. The van der Waals surface area contributed by atoms with E-state index in [0.29, 0.717) is 6.54 Å². The van der Waals surface area contributed by atoms with Crippen LogP contribution in [0, 0.1) is 0 Å². The lowest BCUT2D eigenvalue weighted by atomic mass is 9.92. The molecule has 1 aromatic carbocycles. The van der Waals surface area contributed by atoms with Crippen molar-refractivity contribution < 1.29 is 4.79 Å². The molecular formula is C18H28N2O. The van der Waals surface area contributed by atoms with Crippen molar-refractivity contribution in [3.05, 3.63) is 42.0 Å². The van der Waals surface area contributed by atoms with Gasteiger partial charge in [0.1, 0.15) is 0 Å². The van der Waals surface area contributed by atoms with Crippen molar-refractivity contribution in [3.63, 3.8) is 0 Å². The molecule has 0 heterocycles. The van der Waals surface area contributed by atoms with Crippen molar-refractivity contribution >= 4 is 11.6 Å². The van der Waals surface area contributed by atoms with Crippen LogP contribution in [0.2, 0.25) is 0 Å². The van der Waals surface area contributed by atoms with E-state index in [1.165, 1.54) is 0 Å². The highest BCUT2D eigenvalue weighted by atomic mass is 16.2. The number of allylic oxidation sites excluding steroid dienone is 1. The van der Waals surface area contributed by atoms with Crippen LogP contribution < -0.4 is 5.32 Å². The number of benzene rings is 1. The molecule has 0 fully saturated rings. The molecule has 0 atom stereocenters. The highest BCUT2D eigenvalue weighted by Crippen LogP contribution is 2.24. The van der Waals surface area contributed by atoms with Gasteiger partial charge in [0.05, 0.1) is 5.54 Å².